The summed E-state index contributed by atoms with van der Waals surface area (Å²) in [6.07, 6.45) is 1.57. The Labute approximate surface area is 156 Å². The molecule has 0 spiro atoms. The normalized spacial score (nSPS) is 11.5. The molecular weight excluding hydrogens is 348 g/mol. The molecule has 0 saturated carbocycles. The van der Waals surface area contributed by atoms with Crippen LogP contribution in [0.5, 0.6) is 0 Å². The summed E-state index contributed by atoms with van der Waals surface area (Å²) in [5.41, 5.74) is 2.99. The molecule has 2 aromatic rings. The van der Waals surface area contributed by atoms with E-state index in [2.05, 4.69) is 5.32 Å². The van der Waals surface area contributed by atoms with Crippen molar-refractivity contribution in [2.24, 2.45) is 0 Å². The summed E-state index contributed by atoms with van der Waals surface area (Å²) in [7, 11) is -1.97. The Hall–Kier alpha value is -2.18. The molecule has 2 rings (SSSR count). The van der Waals surface area contributed by atoms with E-state index in [1.807, 2.05) is 32.0 Å². The molecule has 0 aliphatic carbocycles. The zero-order valence-electron chi connectivity index (χ0n) is 15.5. The van der Waals surface area contributed by atoms with Crippen molar-refractivity contribution in [3.05, 3.63) is 59.7 Å². The van der Waals surface area contributed by atoms with E-state index in [1.54, 1.807) is 30.3 Å². The smallest absolute Gasteiger partial charge is 0.242 e. The zero-order chi connectivity index (χ0) is 19.2. The van der Waals surface area contributed by atoms with Crippen molar-refractivity contribution in [3.8, 4) is 0 Å². The van der Waals surface area contributed by atoms with Gasteiger partial charge in [0.1, 0.15) is 0 Å². The number of carbonyl (C=O) groups is 1. The van der Waals surface area contributed by atoms with Crippen LogP contribution in [0, 0.1) is 6.92 Å². The molecule has 0 atom stereocenters. The lowest BCUT2D eigenvalue weighted by molar-refractivity contribution is -0.116. The average Bonchev–Trinajstić information content (AvgIpc) is 2.64. The Balaban J connectivity index is 1.91. The van der Waals surface area contributed by atoms with Gasteiger partial charge in [-0.25, -0.2) is 12.7 Å². The molecule has 6 heteroatoms. The van der Waals surface area contributed by atoms with Crippen molar-refractivity contribution in [2.75, 3.05) is 18.9 Å². The van der Waals surface area contributed by atoms with Gasteiger partial charge < -0.3 is 5.32 Å². The highest BCUT2D eigenvalue weighted by Gasteiger charge is 2.20. The first-order chi connectivity index (χ1) is 12.4. The van der Waals surface area contributed by atoms with Gasteiger partial charge in [-0.05, 0) is 43.0 Å². The van der Waals surface area contributed by atoms with E-state index in [4.69, 9.17) is 0 Å². The van der Waals surface area contributed by atoms with Crippen molar-refractivity contribution in [1.82, 2.24) is 4.31 Å². The van der Waals surface area contributed by atoms with Gasteiger partial charge in [-0.3, -0.25) is 4.79 Å². The van der Waals surface area contributed by atoms with Crippen LogP contribution in [0.3, 0.4) is 0 Å². The van der Waals surface area contributed by atoms with Crippen molar-refractivity contribution >= 4 is 21.6 Å². The number of amides is 1. The van der Waals surface area contributed by atoms with Crippen LogP contribution in [0.1, 0.15) is 30.9 Å². The Morgan fingerprint density at radius 1 is 1.08 bits per heavy atom. The Bertz CT molecular complexity index is 849. The molecule has 0 aromatic heterocycles. The third-order valence-corrected chi connectivity index (χ3v) is 6.20. The molecule has 0 heterocycles. The molecule has 5 nitrogen and oxygen atoms in total. The number of anilines is 1. The molecule has 0 unspecified atom stereocenters. The number of para-hydroxylation sites is 1. The largest absolute Gasteiger partial charge is 0.326 e. The predicted octanol–water partition coefficient (Wildman–Crippen LogP) is 3.60. The van der Waals surface area contributed by atoms with Crippen LogP contribution in [0.4, 0.5) is 5.69 Å². The van der Waals surface area contributed by atoms with Gasteiger partial charge in [0.25, 0.3) is 0 Å². The fraction of sp³-hybridized carbons (Fsp3) is 0.350. The van der Waals surface area contributed by atoms with Gasteiger partial charge in [-0.15, -0.1) is 0 Å². The fourth-order valence-corrected chi connectivity index (χ4v) is 3.99. The van der Waals surface area contributed by atoms with Gasteiger partial charge in [0.15, 0.2) is 0 Å². The number of nitrogens with one attached hydrogen (secondary N) is 1. The molecule has 26 heavy (non-hydrogen) atoms. The summed E-state index contributed by atoms with van der Waals surface area (Å²) in [4.78, 5) is 12.5. The van der Waals surface area contributed by atoms with Crippen LogP contribution in [0.25, 0.3) is 0 Å². The van der Waals surface area contributed by atoms with Crippen molar-refractivity contribution in [1.29, 1.82) is 0 Å². The maximum Gasteiger partial charge on any atom is 0.242 e. The number of sulfonamides is 1. The Morgan fingerprint density at radius 2 is 1.77 bits per heavy atom. The summed E-state index contributed by atoms with van der Waals surface area (Å²) in [6.45, 7) is 4.31. The zero-order valence-corrected chi connectivity index (χ0v) is 16.3. The first-order valence-corrected chi connectivity index (χ1v) is 10.2. The third-order valence-electron chi connectivity index (χ3n) is 4.33. The molecular formula is C20H26N2O3S. The van der Waals surface area contributed by atoms with Crippen LogP contribution >= 0.6 is 0 Å². The topological polar surface area (TPSA) is 66.5 Å². The quantitative estimate of drug-likeness (QED) is 0.768. The third kappa shape index (κ3) is 4.93. The minimum Gasteiger partial charge on any atom is -0.326 e. The first kappa shape index (κ1) is 20.1. The van der Waals surface area contributed by atoms with Crippen LogP contribution < -0.4 is 5.32 Å². The minimum atomic E-state index is -3.51. The minimum absolute atomic E-state index is 0.0977. The van der Waals surface area contributed by atoms with Crippen LogP contribution in [-0.4, -0.2) is 32.2 Å². The number of carbonyl (C=O) groups excluding carboxylic acids is 1. The lowest BCUT2D eigenvalue weighted by Crippen LogP contribution is -2.28. The van der Waals surface area contributed by atoms with E-state index < -0.39 is 10.0 Å². The monoisotopic (exact) mass is 374 g/mol. The van der Waals surface area contributed by atoms with Crippen molar-refractivity contribution in [2.45, 2.75) is 38.0 Å². The summed E-state index contributed by atoms with van der Waals surface area (Å²) >= 11 is 0. The highest BCUT2D eigenvalue weighted by molar-refractivity contribution is 7.89. The second kappa shape index (κ2) is 8.96. The molecule has 0 fully saturated rings. The predicted molar refractivity (Wildman–Crippen MR) is 105 cm³/mol. The van der Waals surface area contributed by atoms with Gasteiger partial charge in [0.05, 0.1) is 4.90 Å². The van der Waals surface area contributed by atoms with Gasteiger partial charge >= 0.3 is 0 Å². The average molecular weight is 375 g/mol. The molecule has 1 amide bonds. The second-order valence-electron chi connectivity index (χ2n) is 6.25. The molecule has 0 aliphatic heterocycles. The lowest BCUT2D eigenvalue weighted by atomic mass is 10.1. The highest BCUT2D eigenvalue weighted by atomic mass is 32.2. The van der Waals surface area contributed by atoms with Crippen molar-refractivity contribution in [3.63, 3.8) is 0 Å². The SMILES string of the molecule is CCc1cccc(C)c1NC(=O)CCCN(C)S(=O)(=O)c1ccccc1. The van der Waals surface area contributed by atoms with Crippen LogP contribution in [-0.2, 0) is 21.2 Å². The molecule has 140 valence electrons. The van der Waals surface area contributed by atoms with Gasteiger partial charge in [-0.1, -0.05) is 43.3 Å². The number of hydrogen-bond acceptors (Lipinski definition) is 3. The summed E-state index contributed by atoms with van der Waals surface area (Å²) in [6, 6.07) is 14.3. The van der Waals surface area contributed by atoms with Gasteiger partial charge in [0.2, 0.25) is 15.9 Å². The number of aryl methyl sites for hydroxylation is 2. The summed E-state index contributed by atoms with van der Waals surface area (Å²) in [5.74, 6) is -0.0977. The van der Waals surface area contributed by atoms with Gasteiger partial charge in [0, 0.05) is 25.7 Å². The molecule has 0 bridgehead atoms. The van der Waals surface area contributed by atoms with E-state index in [0.29, 0.717) is 13.0 Å². The number of rotatable bonds is 8. The van der Waals surface area contributed by atoms with E-state index in [9.17, 15) is 13.2 Å². The van der Waals surface area contributed by atoms with Crippen LogP contribution in [0.15, 0.2) is 53.4 Å². The summed E-state index contributed by atoms with van der Waals surface area (Å²) in [5, 5.41) is 2.97. The maximum absolute atomic E-state index is 12.5. The van der Waals surface area contributed by atoms with E-state index in [1.165, 1.54) is 11.4 Å². The molecule has 2 aromatic carbocycles. The standard InChI is InChI=1S/C20H26N2O3S/c1-4-17-11-8-10-16(2)20(17)21-19(23)14-9-15-22(3)26(24,25)18-12-6-5-7-13-18/h5-8,10-13H,4,9,14-15H2,1-3H3,(H,21,23). The lowest BCUT2D eigenvalue weighted by Gasteiger charge is -2.17. The number of hydrogen-bond donors (Lipinski definition) is 1. The molecule has 0 radical (unpaired) electrons. The van der Waals surface area contributed by atoms with E-state index >= 15 is 0 Å². The molecule has 0 aliphatic rings. The number of benzene rings is 2. The molecule has 0 saturated heterocycles. The second-order valence-corrected chi connectivity index (χ2v) is 8.30. The summed E-state index contributed by atoms with van der Waals surface area (Å²) < 4.78 is 26.2. The molecule has 1 N–H and O–H groups in total. The Kier molecular flexibility index (Phi) is 6.94. The highest BCUT2D eigenvalue weighted by Crippen LogP contribution is 2.21. The van der Waals surface area contributed by atoms with Gasteiger partial charge in [-0.2, -0.15) is 0 Å². The maximum atomic E-state index is 12.5. The van der Waals surface area contributed by atoms with Crippen LogP contribution in [0.2, 0.25) is 0 Å². The fourth-order valence-electron chi connectivity index (χ4n) is 2.76. The first-order valence-electron chi connectivity index (χ1n) is 8.76. The number of nitrogens with zero attached hydrogens (tertiary/aromatic N) is 1. The van der Waals surface area contributed by atoms with E-state index in [0.717, 1.165) is 23.2 Å². The van der Waals surface area contributed by atoms with Crippen molar-refractivity contribution < 1.29 is 13.2 Å². The Morgan fingerprint density at radius 3 is 2.42 bits per heavy atom. The van der Waals surface area contributed by atoms with E-state index in [-0.39, 0.29) is 17.2 Å².